The number of carboxylic acid groups (broad SMARTS) is 1. The summed E-state index contributed by atoms with van der Waals surface area (Å²) in [5.74, 6) is -117. The van der Waals surface area contributed by atoms with Gasteiger partial charge in [-0.2, -0.15) is 119 Å². The predicted molar refractivity (Wildman–Crippen MR) is 113 cm³/mol. The van der Waals surface area contributed by atoms with E-state index in [1.54, 1.807) is 0 Å². The Morgan fingerprint density at radius 2 is 0.698 bits per heavy atom. The van der Waals surface area contributed by atoms with Crippen molar-refractivity contribution in [3.05, 3.63) is 0 Å². The van der Waals surface area contributed by atoms with Crippen LogP contribution in [0.2, 0.25) is 0 Å². The normalized spacial score (nSPS) is 16.2. The number of rotatable bonds is 18. The molecule has 0 saturated carbocycles. The fraction of sp³-hybridized carbons (Fsp3) is 0.905. The van der Waals surface area contributed by atoms with Gasteiger partial charge in [0.15, 0.2) is 6.54 Å². The number of aliphatic carboxylic acids is 1. The van der Waals surface area contributed by atoms with E-state index in [1.807, 2.05) is 0 Å². The molecule has 0 radical (unpaired) electrons. The third-order valence-corrected chi connectivity index (χ3v) is 6.77. The van der Waals surface area contributed by atoms with Gasteiger partial charge in [-0.25, -0.2) is 4.79 Å². The zero-order valence-corrected chi connectivity index (χ0v) is 24.7. The van der Waals surface area contributed by atoms with Crippen LogP contribution in [0.25, 0.3) is 0 Å². The number of carboxylic acids is 1. The Morgan fingerprint density at radius 1 is 0.453 bits per heavy atom. The molecule has 0 atom stereocenters. The van der Waals surface area contributed by atoms with Crippen molar-refractivity contribution in [2.24, 2.45) is 0 Å². The lowest BCUT2D eigenvalue weighted by molar-refractivity contribution is -0.883. The van der Waals surface area contributed by atoms with Gasteiger partial charge in [-0.1, -0.05) is 0 Å². The topological polar surface area (TPSA) is 66.4 Å². The summed E-state index contributed by atoms with van der Waals surface area (Å²) in [6.45, 7) is -2.82. The minimum Gasteiger partial charge on any atom is -0.477 e. The summed E-state index contributed by atoms with van der Waals surface area (Å²) in [4.78, 5) is 22.1. The molecule has 0 aromatic heterocycles. The van der Waals surface area contributed by atoms with Gasteiger partial charge in [-0.05, 0) is 0 Å². The molecular formula is C21H16F27N2O3+. The van der Waals surface area contributed by atoms with Crippen LogP contribution in [0.1, 0.15) is 6.42 Å². The van der Waals surface area contributed by atoms with Gasteiger partial charge < -0.3 is 14.9 Å². The predicted octanol–water partition coefficient (Wildman–Crippen LogP) is 7.84. The zero-order chi connectivity index (χ0) is 43.7. The van der Waals surface area contributed by atoms with E-state index < -0.39 is 120 Å². The lowest BCUT2D eigenvalue weighted by Gasteiger charge is -2.46. The second-order valence-electron chi connectivity index (χ2n) is 11.2. The smallest absolute Gasteiger partial charge is 0.460 e. The molecule has 0 aliphatic rings. The van der Waals surface area contributed by atoms with Crippen molar-refractivity contribution in [2.45, 2.75) is 83.7 Å². The van der Waals surface area contributed by atoms with Crippen LogP contribution >= 0.6 is 0 Å². The third-order valence-electron chi connectivity index (χ3n) is 6.77. The van der Waals surface area contributed by atoms with E-state index >= 15 is 0 Å². The number of amides is 1. The largest absolute Gasteiger partial charge is 0.477 e. The second-order valence-corrected chi connectivity index (χ2v) is 11.2. The summed E-state index contributed by atoms with van der Waals surface area (Å²) in [6, 6.07) is 0. The molecule has 0 unspecified atom stereocenters. The van der Waals surface area contributed by atoms with E-state index in [4.69, 9.17) is 5.11 Å². The van der Waals surface area contributed by atoms with E-state index in [-0.39, 0.29) is 0 Å². The van der Waals surface area contributed by atoms with Crippen LogP contribution in [0, 0.1) is 0 Å². The Bertz CT molecular complexity index is 1350. The first-order valence-corrected chi connectivity index (χ1v) is 12.5. The van der Waals surface area contributed by atoms with E-state index in [0.29, 0.717) is 5.32 Å². The molecule has 0 bridgehead atoms. The Hall–Kier alpha value is -2.99. The van der Waals surface area contributed by atoms with E-state index in [2.05, 4.69) is 0 Å². The number of hydrogen-bond acceptors (Lipinski definition) is 2. The van der Waals surface area contributed by atoms with Crippen molar-refractivity contribution in [1.29, 1.82) is 0 Å². The first kappa shape index (κ1) is 50.0. The molecule has 0 fully saturated rings. The molecular weight excluding hydrogens is 841 g/mol. The monoisotopic (exact) mass is 857 g/mol. The number of hydrogen-bond donors (Lipinski definition) is 2. The first-order valence-electron chi connectivity index (χ1n) is 12.5. The molecule has 0 spiro atoms. The minimum atomic E-state index is -9.87. The van der Waals surface area contributed by atoms with Crippen LogP contribution in [0.5, 0.6) is 0 Å². The van der Waals surface area contributed by atoms with Crippen molar-refractivity contribution in [2.75, 3.05) is 33.7 Å². The first-order chi connectivity index (χ1) is 22.5. The van der Waals surface area contributed by atoms with Gasteiger partial charge in [-0.3, -0.25) is 4.79 Å². The summed E-state index contributed by atoms with van der Waals surface area (Å²) in [5.41, 5.74) is 0. The summed E-state index contributed by atoms with van der Waals surface area (Å²) in [7, 11) is 2.12. The zero-order valence-electron chi connectivity index (χ0n) is 24.7. The average molecular weight is 857 g/mol. The van der Waals surface area contributed by atoms with Gasteiger partial charge in [-0.15, -0.1) is 0 Å². The standard InChI is InChI=1S/C21H15F27N2O3/c1-50(2,6-7(51)52)5-3-4-49-8(53)9(22,23)10(24,25)11(26,27)12(28,29)13(30,31)14(32,33)15(34,35)16(36,37)17(38,39)18(40,41)19(42,43)20(44,45)21(46,47)48/h3-6H2,1-2H3,(H-,49,51,52,53)/p+1. The van der Waals surface area contributed by atoms with Crippen LogP contribution in [-0.2, 0) is 9.59 Å². The van der Waals surface area contributed by atoms with Gasteiger partial charge >= 0.3 is 83.2 Å². The Kier molecular flexibility index (Phi) is 12.6. The van der Waals surface area contributed by atoms with Crippen LogP contribution < -0.4 is 5.32 Å². The summed E-state index contributed by atoms with van der Waals surface area (Å²) in [6.07, 6.45) is -9.10. The van der Waals surface area contributed by atoms with Gasteiger partial charge in [0.1, 0.15) is 0 Å². The van der Waals surface area contributed by atoms with Crippen LogP contribution in [0.15, 0.2) is 0 Å². The van der Waals surface area contributed by atoms with Gasteiger partial charge in [0.25, 0.3) is 5.91 Å². The van der Waals surface area contributed by atoms with Crippen LogP contribution in [-0.4, -0.2) is 132 Å². The summed E-state index contributed by atoms with van der Waals surface area (Å²) >= 11 is 0. The average Bonchev–Trinajstić information content (AvgIpc) is 2.92. The highest BCUT2D eigenvalue weighted by Crippen LogP contribution is 2.68. The molecule has 53 heavy (non-hydrogen) atoms. The molecule has 0 heterocycles. The number of carbonyl (C=O) groups excluding carboxylic acids is 1. The van der Waals surface area contributed by atoms with Crippen molar-refractivity contribution in [3.8, 4) is 0 Å². The highest BCUT2D eigenvalue weighted by atomic mass is 19.4. The Labute approximate surface area is 273 Å². The molecule has 0 aliphatic carbocycles. The lowest BCUT2D eigenvalue weighted by Crippen LogP contribution is -2.79. The molecule has 2 N–H and O–H groups in total. The van der Waals surface area contributed by atoms with E-state index in [0.717, 1.165) is 14.1 Å². The molecule has 5 nitrogen and oxygen atoms in total. The summed E-state index contributed by atoms with van der Waals surface area (Å²) < 4.78 is 365. The number of carbonyl (C=O) groups is 2. The maximum absolute atomic E-state index is 14.0. The van der Waals surface area contributed by atoms with Crippen molar-refractivity contribution in [3.63, 3.8) is 0 Å². The number of alkyl halides is 27. The molecule has 0 saturated heterocycles. The molecule has 32 heteroatoms. The SMILES string of the molecule is C[N+](C)(CCCNC(=O)C(F)(F)C(F)(F)C(F)(F)C(F)(F)C(F)(F)C(F)(F)C(F)(F)C(F)(F)C(F)(F)C(F)(F)C(F)(F)C(F)(F)C(F)(F)F)CC(=O)O. The van der Waals surface area contributed by atoms with Gasteiger partial charge in [0.2, 0.25) is 0 Å². The number of nitrogens with zero attached hydrogens (tertiary/aromatic N) is 1. The third kappa shape index (κ3) is 7.04. The van der Waals surface area contributed by atoms with Crippen LogP contribution in [0.3, 0.4) is 0 Å². The van der Waals surface area contributed by atoms with E-state index in [1.165, 1.54) is 0 Å². The van der Waals surface area contributed by atoms with Crippen molar-refractivity contribution >= 4 is 11.9 Å². The fourth-order valence-corrected chi connectivity index (χ4v) is 3.56. The van der Waals surface area contributed by atoms with Crippen molar-refractivity contribution in [1.82, 2.24) is 5.32 Å². The Morgan fingerprint density at radius 3 is 0.943 bits per heavy atom. The fourth-order valence-electron chi connectivity index (χ4n) is 3.56. The quantitative estimate of drug-likeness (QED) is 0.0840. The van der Waals surface area contributed by atoms with E-state index in [9.17, 15) is 128 Å². The van der Waals surface area contributed by atoms with Crippen molar-refractivity contribution < 1.29 is 138 Å². The number of nitrogens with one attached hydrogen (secondary N) is 1. The second kappa shape index (κ2) is 13.3. The number of likely N-dealkylation sites (N-methyl/N-ethyl adjacent to an activating group) is 1. The lowest BCUT2D eigenvalue weighted by atomic mass is 9.84. The Balaban J connectivity index is 7.05. The number of quaternary nitrogens is 1. The highest BCUT2D eigenvalue weighted by Gasteiger charge is 3.00. The number of halogens is 27. The van der Waals surface area contributed by atoms with Crippen LogP contribution in [0.4, 0.5) is 119 Å². The minimum absolute atomic E-state index is 0.555. The van der Waals surface area contributed by atoms with Gasteiger partial charge in [0.05, 0.1) is 20.6 Å². The maximum atomic E-state index is 14.0. The van der Waals surface area contributed by atoms with Gasteiger partial charge in [0, 0.05) is 13.0 Å². The molecule has 0 aromatic carbocycles. The maximum Gasteiger partial charge on any atom is 0.460 e. The molecule has 0 rings (SSSR count). The molecule has 0 aliphatic heterocycles. The highest BCUT2D eigenvalue weighted by molar-refractivity contribution is 5.84. The molecule has 0 aromatic rings. The molecule has 1 amide bonds. The summed E-state index contributed by atoms with van der Waals surface area (Å²) in [5, 5.41) is 9.20. The molecule has 316 valence electrons.